The van der Waals surface area contributed by atoms with Crippen molar-refractivity contribution in [2.45, 2.75) is 69.6 Å². The highest BCUT2D eigenvalue weighted by atomic mass is 16.3. The molecule has 3 saturated carbocycles. The summed E-state index contributed by atoms with van der Waals surface area (Å²) in [7, 11) is 0. The second-order valence-electron chi connectivity index (χ2n) is 5.65. The Balaban J connectivity index is 1.56. The highest BCUT2D eigenvalue weighted by Gasteiger charge is 2.48. The normalized spacial score (nSPS) is 44.8. The maximum atomic E-state index is 9.25. The van der Waals surface area contributed by atoms with Crippen LogP contribution in [0.4, 0.5) is 0 Å². The fourth-order valence-corrected chi connectivity index (χ4v) is 3.64. The summed E-state index contributed by atoms with van der Waals surface area (Å²) in [5.74, 6) is 0. The van der Waals surface area contributed by atoms with Crippen LogP contribution in [-0.4, -0.2) is 23.3 Å². The number of hydrogen-bond donors (Lipinski definition) is 2. The molecule has 2 N–H and O–H groups in total. The Morgan fingerprint density at radius 2 is 1.79 bits per heavy atom. The van der Waals surface area contributed by atoms with Gasteiger partial charge in [0.25, 0.3) is 0 Å². The molecule has 3 aliphatic carbocycles. The van der Waals surface area contributed by atoms with E-state index in [2.05, 4.69) is 5.32 Å². The van der Waals surface area contributed by atoms with Crippen LogP contribution in [0.2, 0.25) is 0 Å². The summed E-state index contributed by atoms with van der Waals surface area (Å²) in [4.78, 5) is 0. The number of nitrogens with one attached hydrogen (secondary N) is 1. The first-order chi connectivity index (χ1) is 6.78. The lowest BCUT2D eigenvalue weighted by molar-refractivity contribution is 0.0320. The van der Waals surface area contributed by atoms with Crippen molar-refractivity contribution in [3.05, 3.63) is 0 Å². The molecule has 0 amide bonds. The van der Waals surface area contributed by atoms with Crippen LogP contribution < -0.4 is 5.32 Å². The molecule has 1 spiro atoms. The number of aliphatic hydroxyl groups excluding tert-OH is 1. The van der Waals surface area contributed by atoms with E-state index in [4.69, 9.17) is 0 Å². The van der Waals surface area contributed by atoms with E-state index in [0.717, 1.165) is 18.9 Å². The van der Waals surface area contributed by atoms with Gasteiger partial charge in [-0.3, -0.25) is 0 Å². The maximum absolute atomic E-state index is 9.25. The van der Waals surface area contributed by atoms with Crippen LogP contribution >= 0.6 is 0 Å². The molecule has 0 radical (unpaired) electrons. The third-order valence-corrected chi connectivity index (χ3v) is 4.81. The molecule has 0 aromatic carbocycles. The van der Waals surface area contributed by atoms with Crippen molar-refractivity contribution >= 4 is 0 Å². The lowest BCUT2D eigenvalue weighted by atomic mass is 9.65. The predicted molar refractivity (Wildman–Crippen MR) is 56.1 cm³/mol. The smallest absolute Gasteiger partial charge is 0.0570 e. The second kappa shape index (κ2) is 3.21. The summed E-state index contributed by atoms with van der Waals surface area (Å²) < 4.78 is 0. The number of hydrogen-bond acceptors (Lipinski definition) is 2. The molecule has 1 atom stereocenters. The zero-order valence-corrected chi connectivity index (χ0v) is 8.84. The van der Waals surface area contributed by atoms with Crippen molar-refractivity contribution in [3.8, 4) is 0 Å². The summed E-state index contributed by atoms with van der Waals surface area (Å²) in [6.45, 7) is 0. The van der Waals surface area contributed by atoms with Crippen LogP contribution in [0.3, 0.4) is 0 Å². The molecular weight excluding hydrogens is 174 g/mol. The SMILES string of the molecule is OC1CC(NC2CCCC23CCC3)C1. The molecule has 3 aliphatic rings. The van der Waals surface area contributed by atoms with Gasteiger partial charge in [-0.1, -0.05) is 12.8 Å². The van der Waals surface area contributed by atoms with Gasteiger partial charge >= 0.3 is 0 Å². The molecule has 0 bridgehead atoms. The van der Waals surface area contributed by atoms with Gasteiger partial charge in [-0.25, -0.2) is 0 Å². The van der Waals surface area contributed by atoms with Gasteiger partial charge in [-0.15, -0.1) is 0 Å². The van der Waals surface area contributed by atoms with Gasteiger partial charge in [0, 0.05) is 12.1 Å². The Morgan fingerprint density at radius 3 is 2.36 bits per heavy atom. The van der Waals surface area contributed by atoms with E-state index >= 15 is 0 Å². The van der Waals surface area contributed by atoms with Crippen LogP contribution in [0.25, 0.3) is 0 Å². The Labute approximate surface area is 86.1 Å². The summed E-state index contributed by atoms with van der Waals surface area (Å²) >= 11 is 0. The largest absolute Gasteiger partial charge is 0.393 e. The van der Waals surface area contributed by atoms with Gasteiger partial charge in [-0.05, 0) is 43.9 Å². The third-order valence-electron chi connectivity index (χ3n) is 4.81. The number of rotatable bonds is 2. The van der Waals surface area contributed by atoms with Crippen LogP contribution in [0, 0.1) is 5.41 Å². The third kappa shape index (κ3) is 1.31. The van der Waals surface area contributed by atoms with Crippen LogP contribution in [-0.2, 0) is 0 Å². The topological polar surface area (TPSA) is 32.3 Å². The lowest BCUT2D eigenvalue weighted by Crippen LogP contribution is -2.54. The van der Waals surface area contributed by atoms with Gasteiger partial charge in [-0.2, -0.15) is 0 Å². The molecule has 0 aromatic rings. The Bertz CT molecular complexity index is 218. The van der Waals surface area contributed by atoms with Crippen molar-refractivity contribution < 1.29 is 5.11 Å². The molecule has 0 heterocycles. The summed E-state index contributed by atoms with van der Waals surface area (Å²) in [6, 6.07) is 1.42. The molecule has 0 aromatic heterocycles. The van der Waals surface area contributed by atoms with E-state index in [1.54, 1.807) is 0 Å². The zero-order chi connectivity index (χ0) is 9.60. The molecule has 80 valence electrons. The molecule has 0 aliphatic heterocycles. The standard InChI is InChI=1S/C12H21NO/c14-10-7-9(8-10)13-11-3-1-4-12(11)5-2-6-12/h9-11,13-14H,1-8H2. The first kappa shape index (κ1) is 9.17. The van der Waals surface area contributed by atoms with Gasteiger partial charge in [0.15, 0.2) is 0 Å². The molecule has 0 saturated heterocycles. The molecule has 14 heavy (non-hydrogen) atoms. The first-order valence-electron chi connectivity index (χ1n) is 6.23. The van der Waals surface area contributed by atoms with E-state index in [-0.39, 0.29) is 6.10 Å². The van der Waals surface area contributed by atoms with Gasteiger partial charge in [0.2, 0.25) is 0 Å². The fourth-order valence-electron chi connectivity index (χ4n) is 3.64. The molecule has 1 unspecified atom stereocenters. The molecule has 3 fully saturated rings. The van der Waals surface area contributed by atoms with Crippen molar-refractivity contribution in [1.29, 1.82) is 0 Å². The quantitative estimate of drug-likeness (QED) is 0.704. The maximum Gasteiger partial charge on any atom is 0.0570 e. The van der Waals surface area contributed by atoms with Gasteiger partial charge in [0.05, 0.1) is 6.10 Å². The highest BCUT2D eigenvalue weighted by molar-refractivity contribution is 5.03. The van der Waals surface area contributed by atoms with Crippen LogP contribution in [0.5, 0.6) is 0 Å². The van der Waals surface area contributed by atoms with Crippen molar-refractivity contribution in [2.75, 3.05) is 0 Å². The summed E-state index contributed by atoms with van der Waals surface area (Å²) in [5.41, 5.74) is 0.695. The van der Waals surface area contributed by atoms with Gasteiger partial charge < -0.3 is 10.4 Å². The Kier molecular flexibility index (Phi) is 2.10. The highest BCUT2D eigenvalue weighted by Crippen LogP contribution is 2.53. The van der Waals surface area contributed by atoms with E-state index in [1.807, 2.05) is 0 Å². The van der Waals surface area contributed by atoms with Gasteiger partial charge in [0.1, 0.15) is 0 Å². The second-order valence-corrected chi connectivity index (χ2v) is 5.65. The van der Waals surface area contributed by atoms with Crippen LogP contribution in [0.15, 0.2) is 0 Å². The average Bonchev–Trinajstić information content (AvgIpc) is 2.44. The zero-order valence-electron chi connectivity index (χ0n) is 8.84. The minimum atomic E-state index is -0.00811. The van der Waals surface area contributed by atoms with E-state index in [1.165, 1.54) is 38.5 Å². The van der Waals surface area contributed by atoms with Crippen molar-refractivity contribution in [3.63, 3.8) is 0 Å². The minimum absolute atomic E-state index is 0.00811. The summed E-state index contributed by atoms with van der Waals surface area (Å²) in [5, 5.41) is 13.0. The van der Waals surface area contributed by atoms with Crippen molar-refractivity contribution in [1.82, 2.24) is 5.32 Å². The predicted octanol–water partition coefficient (Wildman–Crippen LogP) is 1.82. The minimum Gasteiger partial charge on any atom is -0.393 e. The molecule has 2 nitrogen and oxygen atoms in total. The van der Waals surface area contributed by atoms with Crippen molar-refractivity contribution in [2.24, 2.45) is 5.41 Å². The van der Waals surface area contributed by atoms with Crippen LogP contribution in [0.1, 0.15) is 51.4 Å². The first-order valence-corrected chi connectivity index (χ1v) is 6.23. The molecular formula is C12H21NO. The van der Waals surface area contributed by atoms with E-state index in [9.17, 15) is 5.11 Å². The Morgan fingerprint density at radius 1 is 1.07 bits per heavy atom. The fraction of sp³-hybridized carbons (Fsp3) is 1.00. The average molecular weight is 195 g/mol. The lowest BCUT2D eigenvalue weighted by Gasteiger charge is -2.47. The monoisotopic (exact) mass is 195 g/mol. The molecule has 2 heteroatoms. The summed E-state index contributed by atoms with van der Waals surface area (Å²) in [6.07, 6.45) is 10.6. The van der Waals surface area contributed by atoms with E-state index < -0.39 is 0 Å². The number of aliphatic hydroxyl groups is 1. The van der Waals surface area contributed by atoms with E-state index in [0.29, 0.717) is 11.5 Å². The molecule has 3 rings (SSSR count). The Hall–Kier alpha value is -0.0800.